The standard InChI is InChI=1S/C30H18Cl2N2O2/c31-24-13-8-14-25(32)28(24)34-27-16-7-5-12-22(27)23(30(34)36)17-20-18-33(26-15-6-4-11-21(20)26)29(35)19-9-2-1-3-10-19/h1-18H/b23-17-. The largest absolute Gasteiger partial charge is 0.283 e. The van der Waals surface area contributed by atoms with Crippen LogP contribution in [0.15, 0.2) is 103 Å². The Kier molecular flexibility index (Phi) is 5.48. The van der Waals surface area contributed by atoms with E-state index in [9.17, 15) is 9.59 Å². The lowest BCUT2D eigenvalue weighted by Gasteiger charge is -2.20. The minimum absolute atomic E-state index is 0.140. The van der Waals surface area contributed by atoms with Crippen LogP contribution in [0.5, 0.6) is 0 Å². The van der Waals surface area contributed by atoms with Crippen molar-refractivity contribution in [3.8, 4) is 0 Å². The van der Waals surface area contributed by atoms with Gasteiger partial charge >= 0.3 is 0 Å². The van der Waals surface area contributed by atoms with Gasteiger partial charge in [0.25, 0.3) is 11.8 Å². The van der Waals surface area contributed by atoms with Crippen LogP contribution in [0.25, 0.3) is 22.6 Å². The van der Waals surface area contributed by atoms with Crippen LogP contribution in [-0.4, -0.2) is 16.4 Å². The van der Waals surface area contributed by atoms with E-state index < -0.39 is 0 Å². The summed E-state index contributed by atoms with van der Waals surface area (Å²) in [5.74, 6) is -0.378. The highest BCUT2D eigenvalue weighted by atomic mass is 35.5. The summed E-state index contributed by atoms with van der Waals surface area (Å²) in [5, 5.41) is 1.64. The van der Waals surface area contributed by atoms with E-state index in [1.807, 2.05) is 72.8 Å². The van der Waals surface area contributed by atoms with Gasteiger partial charge in [-0.1, -0.05) is 83.9 Å². The summed E-state index contributed by atoms with van der Waals surface area (Å²) in [6.07, 6.45) is 3.62. The Morgan fingerprint density at radius 3 is 2.19 bits per heavy atom. The molecule has 36 heavy (non-hydrogen) atoms. The molecule has 6 rings (SSSR count). The molecule has 1 amide bonds. The molecular weight excluding hydrogens is 491 g/mol. The summed E-state index contributed by atoms with van der Waals surface area (Å²) in [6, 6.07) is 29.5. The number of carbonyl (C=O) groups is 2. The third kappa shape index (κ3) is 3.54. The fraction of sp³-hybridized carbons (Fsp3) is 0. The van der Waals surface area contributed by atoms with Gasteiger partial charge in [0.15, 0.2) is 0 Å². The fourth-order valence-electron chi connectivity index (χ4n) is 4.67. The van der Waals surface area contributed by atoms with Crippen molar-refractivity contribution >= 4 is 68.9 Å². The normalized spacial score (nSPS) is 14.0. The van der Waals surface area contributed by atoms with Crippen molar-refractivity contribution in [2.45, 2.75) is 0 Å². The van der Waals surface area contributed by atoms with E-state index in [1.165, 1.54) is 0 Å². The van der Waals surface area contributed by atoms with Gasteiger partial charge in [-0.3, -0.25) is 19.1 Å². The molecule has 1 aromatic heterocycles. The van der Waals surface area contributed by atoms with Crippen LogP contribution < -0.4 is 4.90 Å². The van der Waals surface area contributed by atoms with Crippen LogP contribution in [0, 0.1) is 0 Å². The van der Waals surface area contributed by atoms with Crippen molar-refractivity contribution in [3.63, 3.8) is 0 Å². The SMILES string of the molecule is O=C1/C(=C\c2cn(C(=O)c3ccccc3)c3ccccc23)c2ccccc2N1c1c(Cl)cccc1Cl. The van der Waals surface area contributed by atoms with Gasteiger partial charge in [0, 0.05) is 28.3 Å². The molecule has 0 bridgehead atoms. The molecule has 6 heteroatoms. The second-order valence-electron chi connectivity index (χ2n) is 8.43. The summed E-state index contributed by atoms with van der Waals surface area (Å²) >= 11 is 13.0. The molecule has 0 radical (unpaired) electrons. The number of aromatic nitrogens is 1. The highest BCUT2D eigenvalue weighted by molar-refractivity contribution is 6.45. The lowest BCUT2D eigenvalue weighted by molar-refractivity contribution is -0.112. The summed E-state index contributed by atoms with van der Waals surface area (Å²) in [5.41, 5.74) is 4.53. The monoisotopic (exact) mass is 508 g/mol. The molecule has 174 valence electrons. The predicted octanol–water partition coefficient (Wildman–Crippen LogP) is 7.86. The molecule has 0 saturated heterocycles. The van der Waals surface area contributed by atoms with E-state index in [0.29, 0.717) is 32.6 Å². The Balaban J connectivity index is 1.53. The number of halogens is 2. The van der Waals surface area contributed by atoms with Crippen LogP contribution in [-0.2, 0) is 4.79 Å². The van der Waals surface area contributed by atoms with E-state index in [1.54, 1.807) is 46.0 Å². The second-order valence-corrected chi connectivity index (χ2v) is 9.24. The summed E-state index contributed by atoms with van der Waals surface area (Å²) in [7, 11) is 0. The second kappa shape index (κ2) is 8.83. The molecule has 4 nitrogen and oxygen atoms in total. The molecular formula is C30H18Cl2N2O2. The highest BCUT2D eigenvalue weighted by Crippen LogP contribution is 2.47. The van der Waals surface area contributed by atoms with Crippen LogP contribution in [0.3, 0.4) is 0 Å². The number of fused-ring (bicyclic) bond motifs is 2. The summed E-state index contributed by atoms with van der Waals surface area (Å²) in [6.45, 7) is 0. The lowest BCUT2D eigenvalue weighted by Crippen LogP contribution is -2.21. The maximum Gasteiger partial charge on any atom is 0.263 e. The van der Waals surface area contributed by atoms with Gasteiger partial charge in [-0.15, -0.1) is 0 Å². The van der Waals surface area contributed by atoms with Gasteiger partial charge in [-0.05, 0) is 42.5 Å². The Morgan fingerprint density at radius 1 is 0.750 bits per heavy atom. The predicted molar refractivity (Wildman–Crippen MR) is 146 cm³/mol. The van der Waals surface area contributed by atoms with Gasteiger partial charge in [0.1, 0.15) is 0 Å². The number of anilines is 2. The van der Waals surface area contributed by atoms with Crippen LogP contribution in [0.2, 0.25) is 10.0 Å². The first-order valence-electron chi connectivity index (χ1n) is 11.3. The minimum Gasteiger partial charge on any atom is -0.283 e. The van der Waals surface area contributed by atoms with Gasteiger partial charge in [-0.2, -0.15) is 0 Å². The molecule has 0 unspecified atom stereocenters. The number of hydrogen-bond donors (Lipinski definition) is 0. The molecule has 0 atom stereocenters. The highest BCUT2D eigenvalue weighted by Gasteiger charge is 2.35. The molecule has 0 fully saturated rings. The van der Waals surface area contributed by atoms with Crippen molar-refractivity contribution in [1.82, 2.24) is 4.57 Å². The average molecular weight is 509 g/mol. The number of para-hydroxylation sites is 3. The molecule has 1 aliphatic rings. The van der Waals surface area contributed by atoms with Crippen molar-refractivity contribution < 1.29 is 9.59 Å². The van der Waals surface area contributed by atoms with Crippen molar-refractivity contribution in [2.24, 2.45) is 0 Å². The number of nitrogens with zero attached hydrogens (tertiary/aromatic N) is 2. The number of amides is 1. The zero-order valence-electron chi connectivity index (χ0n) is 18.9. The van der Waals surface area contributed by atoms with Crippen LogP contribution in [0.1, 0.15) is 21.5 Å². The Hall–Kier alpha value is -4.12. The van der Waals surface area contributed by atoms with E-state index in [4.69, 9.17) is 23.2 Å². The van der Waals surface area contributed by atoms with Gasteiger partial charge in [0.05, 0.1) is 32.5 Å². The van der Waals surface area contributed by atoms with Crippen LogP contribution in [0.4, 0.5) is 11.4 Å². The van der Waals surface area contributed by atoms with E-state index in [2.05, 4.69) is 0 Å². The van der Waals surface area contributed by atoms with E-state index >= 15 is 0 Å². The van der Waals surface area contributed by atoms with Gasteiger partial charge in [0.2, 0.25) is 0 Å². The Bertz CT molecular complexity index is 1680. The topological polar surface area (TPSA) is 42.3 Å². The molecule has 0 aliphatic carbocycles. The third-order valence-electron chi connectivity index (χ3n) is 6.31. The summed E-state index contributed by atoms with van der Waals surface area (Å²) < 4.78 is 1.63. The molecule has 0 saturated carbocycles. The van der Waals surface area contributed by atoms with Crippen molar-refractivity contribution in [2.75, 3.05) is 4.90 Å². The average Bonchev–Trinajstić information content (AvgIpc) is 3.40. The van der Waals surface area contributed by atoms with Gasteiger partial charge < -0.3 is 0 Å². The Labute approximate surface area is 217 Å². The number of benzene rings is 4. The zero-order chi connectivity index (χ0) is 24.8. The summed E-state index contributed by atoms with van der Waals surface area (Å²) in [4.78, 5) is 28.7. The molecule has 0 N–H and O–H groups in total. The van der Waals surface area contributed by atoms with Gasteiger partial charge in [-0.25, -0.2) is 0 Å². The minimum atomic E-state index is -0.239. The molecule has 0 spiro atoms. The maximum absolute atomic E-state index is 13.8. The first kappa shape index (κ1) is 22.4. The third-order valence-corrected chi connectivity index (χ3v) is 6.92. The molecule has 1 aliphatic heterocycles. The van der Waals surface area contributed by atoms with Crippen LogP contribution >= 0.6 is 23.2 Å². The first-order valence-corrected chi connectivity index (χ1v) is 12.1. The van der Waals surface area contributed by atoms with Crippen molar-refractivity contribution in [3.05, 3.63) is 130 Å². The number of rotatable bonds is 3. The zero-order valence-corrected chi connectivity index (χ0v) is 20.4. The number of hydrogen-bond acceptors (Lipinski definition) is 2. The van der Waals surface area contributed by atoms with Crippen molar-refractivity contribution in [1.29, 1.82) is 0 Å². The maximum atomic E-state index is 13.8. The smallest absolute Gasteiger partial charge is 0.263 e. The number of carbonyl (C=O) groups excluding carboxylic acids is 2. The molecule has 4 aromatic carbocycles. The lowest BCUT2D eigenvalue weighted by atomic mass is 10.0. The molecule has 5 aromatic rings. The first-order chi connectivity index (χ1) is 17.5. The van der Waals surface area contributed by atoms with E-state index in [0.717, 1.165) is 22.0 Å². The Morgan fingerprint density at radius 2 is 1.42 bits per heavy atom. The fourth-order valence-corrected chi connectivity index (χ4v) is 5.24. The quantitative estimate of drug-likeness (QED) is 0.233. The van der Waals surface area contributed by atoms with E-state index in [-0.39, 0.29) is 11.8 Å². The molecule has 2 heterocycles.